The average Bonchev–Trinajstić information content (AvgIpc) is 3.85. The van der Waals surface area contributed by atoms with Crippen LogP contribution in [0.4, 0.5) is 8.78 Å². The van der Waals surface area contributed by atoms with E-state index < -0.39 is 11.6 Å². The number of piperazine rings is 1. The Bertz CT molecular complexity index is 1470. The number of piperidine rings is 1. The van der Waals surface area contributed by atoms with Crippen molar-refractivity contribution in [2.24, 2.45) is 5.92 Å². The third-order valence-corrected chi connectivity index (χ3v) is 10.0. The maximum atomic E-state index is 14.4. The number of hydrogen-bond acceptors (Lipinski definition) is 4. The molecule has 0 spiro atoms. The molecule has 1 aliphatic carbocycles. The Balaban J connectivity index is 1.15. The van der Waals surface area contributed by atoms with Crippen LogP contribution >= 0.6 is 34.8 Å². The molecular weight excluding hydrogens is 615 g/mol. The predicted octanol–water partition coefficient (Wildman–Crippen LogP) is 7.16. The number of hydrogen-bond donors (Lipinski definition) is 2. The molecule has 3 aromatic carbocycles. The van der Waals surface area contributed by atoms with Gasteiger partial charge in [-0.1, -0.05) is 71.2 Å². The highest BCUT2D eigenvalue weighted by Gasteiger charge is 2.47. The number of carbonyl (C=O) groups excluding carboxylic acids is 1. The van der Waals surface area contributed by atoms with Gasteiger partial charge in [-0.25, -0.2) is 8.78 Å². The van der Waals surface area contributed by atoms with Crippen molar-refractivity contribution in [1.29, 1.82) is 0 Å². The maximum Gasteiger partial charge on any atom is 0.228 e. The largest absolute Gasteiger partial charge is 0.489 e. The van der Waals surface area contributed by atoms with Crippen molar-refractivity contribution in [3.63, 3.8) is 0 Å². The van der Waals surface area contributed by atoms with Crippen molar-refractivity contribution in [2.45, 2.75) is 62.7 Å². The molecule has 0 unspecified atom stereocenters. The van der Waals surface area contributed by atoms with E-state index in [1.807, 2.05) is 17.0 Å². The number of amides is 1. The highest BCUT2D eigenvalue weighted by molar-refractivity contribution is 6.42. The summed E-state index contributed by atoms with van der Waals surface area (Å²) in [6.45, 7) is 2.28. The first-order chi connectivity index (χ1) is 20.8. The minimum absolute atomic E-state index is 0.0351. The van der Waals surface area contributed by atoms with E-state index in [4.69, 9.17) is 39.5 Å². The Morgan fingerprint density at radius 3 is 2.49 bits per heavy atom. The Morgan fingerprint density at radius 2 is 1.72 bits per heavy atom. The monoisotopic (exact) mass is 647 g/mol. The first-order valence-corrected chi connectivity index (χ1v) is 16.0. The van der Waals surface area contributed by atoms with Crippen molar-refractivity contribution >= 4 is 40.7 Å². The van der Waals surface area contributed by atoms with Crippen molar-refractivity contribution < 1.29 is 18.3 Å². The van der Waals surface area contributed by atoms with Gasteiger partial charge >= 0.3 is 0 Å². The zero-order valence-electron chi connectivity index (χ0n) is 23.6. The maximum absolute atomic E-state index is 14.4. The zero-order chi connectivity index (χ0) is 30.1. The topological polar surface area (TPSA) is 53.6 Å². The number of nitrogens with zero attached hydrogens (tertiary/aromatic N) is 1. The van der Waals surface area contributed by atoms with Crippen LogP contribution in [0.2, 0.25) is 15.1 Å². The molecule has 0 aromatic heterocycles. The molecule has 3 aliphatic rings. The van der Waals surface area contributed by atoms with Crippen LogP contribution in [0.15, 0.2) is 54.6 Å². The summed E-state index contributed by atoms with van der Waals surface area (Å²) >= 11 is 18.7. The van der Waals surface area contributed by atoms with Crippen LogP contribution in [0.1, 0.15) is 48.3 Å². The van der Waals surface area contributed by atoms with Crippen molar-refractivity contribution in [3.8, 4) is 5.75 Å². The molecule has 2 saturated heterocycles. The standard InChI is InChI=1S/C33H34Cl3F2N3O2/c34-25-5-1-4-21(30(25)35)18-41(23-10-11-23)33(42)29-24(15-22-16-39-17-28(29)40-22)20-8-6-19(7-9-20)3-2-14-43-32-27(38)13-12-26(37)31(32)36/h1,4-9,12-13,22-24,28-29,39-40H,2-3,10-11,14-18H2/t22-,24+,28-,29-/m1/s1. The van der Waals surface area contributed by atoms with Gasteiger partial charge in [-0.2, -0.15) is 0 Å². The number of benzene rings is 3. The lowest BCUT2D eigenvalue weighted by atomic mass is 9.72. The molecule has 0 radical (unpaired) electrons. The van der Waals surface area contributed by atoms with Gasteiger partial charge in [0.15, 0.2) is 11.6 Å². The normalized spacial score (nSPS) is 23.2. The summed E-state index contributed by atoms with van der Waals surface area (Å²) in [4.78, 5) is 16.4. The molecule has 2 aliphatic heterocycles. The van der Waals surface area contributed by atoms with Gasteiger partial charge in [-0.05, 0) is 72.9 Å². The van der Waals surface area contributed by atoms with Gasteiger partial charge in [0, 0.05) is 37.8 Å². The number of ether oxygens (including phenoxy) is 1. The molecule has 2 bridgehead atoms. The van der Waals surface area contributed by atoms with Gasteiger partial charge in [0.05, 0.1) is 22.6 Å². The Kier molecular flexibility index (Phi) is 9.46. The van der Waals surface area contributed by atoms with Crippen LogP contribution in [0.5, 0.6) is 5.75 Å². The summed E-state index contributed by atoms with van der Waals surface area (Å²) in [6, 6.07) is 16.6. The van der Waals surface area contributed by atoms with E-state index in [-0.39, 0.29) is 47.2 Å². The van der Waals surface area contributed by atoms with Crippen LogP contribution in [0.3, 0.4) is 0 Å². The second-order valence-electron chi connectivity index (χ2n) is 11.8. The molecule has 4 atom stereocenters. The molecule has 43 heavy (non-hydrogen) atoms. The Hall–Kier alpha value is -2.42. The van der Waals surface area contributed by atoms with Gasteiger partial charge < -0.3 is 20.3 Å². The van der Waals surface area contributed by atoms with Gasteiger partial charge in [0.1, 0.15) is 10.8 Å². The van der Waals surface area contributed by atoms with E-state index in [9.17, 15) is 13.6 Å². The number of rotatable bonds is 10. The fourth-order valence-electron chi connectivity index (χ4n) is 6.48. The van der Waals surface area contributed by atoms with E-state index in [0.29, 0.717) is 35.5 Å². The first kappa shape index (κ1) is 30.6. The van der Waals surface area contributed by atoms with Crippen molar-refractivity contribution in [2.75, 3.05) is 19.7 Å². The van der Waals surface area contributed by atoms with E-state index in [0.717, 1.165) is 61.2 Å². The molecule has 3 aromatic rings. The van der Waals surface area contributed by atoms with Gasteiger partial charge in [-0.3, -0.25) is 4.79 Å². The number of aryl methyl sites for hydroxylation is 1. The number of carbonyl (C=O) groups is 1. The molecule has 1 saturated carbocycles. The van der Waals surface area contributed by atoms with Gasteiger partial charge in [-0.15, -0.1) is 0 Å². The summed E-state index contributed by atoms with van der Waals surface area (Å²) in [5, 5.41) is 7.90. The molecular formula is C33H34Cl3F2N3O2. The van der Waals surface area contributed by atoms with Gasteiger partial charge in [0.25, 0.3) is 0 Å². The summed E-state index contributed by atoms with van der Waals surface area (Å²) < 4.78 is 33.1. The smallest absolute Gasteiger partial charge is 0.228 e. The van der Waals surface area contributed by atoms with Crippen LogP contribution in [0, 0.1) is 17.6 Å². The fourth-order valence-corrected chi connectivity index (χ4v) is 7.07. The summed E-state index contributed by atoms with van der Waals surface area (Å²) in [6.07, 6.45) is 4.17. The quantitative estimate of drug-likeness (QED) is 0.181. The Labute approximate surface area is 265 Å². The first-order valence-electron chi connectivity index (χ1n) is 14.9. The van der Waals surface area contributed by atoms with Crippen LogP contribution in [-0.2, 0) is 17.8 Å². The predicted molar refractivity (Wildman–Crippen MR) is 166 cm³/mol. The molecule has 1 amide bonds. The van der Waals surface area contributed by atoms with E-state index in [1.165, 1.54) is 0 Å². The third-order valence-electron chi connectivity index (χ3n) is 8.80. The molecule has 228 valence electrons. The third kappa shape index (κ3) is 6.81. The minimum Gasteiger partial charge on any atom is -0.489 e. The Morgan fingerprint density at radius 1 is 0.953 bits per heavy atom. The highest BCUT2D eigenvalue weighted by Crippen LogP contribution is 2.41. The molecule has 10 heteroatoms. The number of halogens is 5. The van der Waals surface area contributed by atoms with E-state index in [1.54, 1.807) is 6.07 Å². The lowest BCUT2D eigenvalue weighted by molar-refractivity contribution is -0.140. The van der Waals surface area contributed by atoms with Crippen LogP contribution < -0.4 is 15.4 Å². The van der Waals surface area contributed by atoms with Crippen molar-refractivity contribution in [1.82, 2.24) is 15.5 Å². The summed E-state index contributed by atoms with van der Waals surface area (Å²) in [5.74, 6) is -1.62. The number of nitrogens with one attached hydrogen (secondary N) is 2. The number of fused-ring (bicyclic) bond motifs is 2. The SMILES string of the molecule is O=C([C@H]1[C@H]2CNC[C@@H](C[C@H]1c1ccc(CCCOc3c(F)ccc(F)c3Cl)cc1)N2)N(Cc1cccc(Cl)c1Cl)C1CC1. The van der Waals surface area contributed by atoms with Crippen molar-refractivity contribution in [3.05, 3.63) is 98.0 Å². The van der Waals surface area contributed by atoms with Crippen LogP contribution in [-0.4, -0.2) is 48.6 Å². The fraction of sp³-hybridized carbons (Fsp3) is 0.424. The van der Waals surface area contributed by atoms with E-state index >= 15 is 0 Å². The summed E-state index contributed by atoms with van der Waals surface area (Å²) in [7, 11) is 0. The zero-order valence-corrected chi connectivity index (χ0v) is 25.9. The van der Waals surface area contributed by atoms with Crippen LogP contribution in [0.25, 0.3) is 0 Å². The molecule has 6 rings (SSSR count). The highest BCUT2D eigenvalue weighted by atomic mass is 35.5. The molecule has 2 N–H and O–H groups in total. The molecule has 3 fully saturated rings. The second-order valence-corrected chi connectivity index (χ2v) is 12.9. The lowest BCUT2D eigenvalue weighted by Gasteiger charge is -2.47. The lowest BCUT2D eigenvalue weighted by Crippen LogP contribution is -2.65. The molecule has 2 heterocycles. The summed E-state index contributed by atoms with van der Waals surface area (Å²) in [5.41, 5.74) is 3.12. The van der Waals surface area contributed by atoms with Gasteiger partial charge in [0.2, 0.25) is 5.91 Å². The second kappa shape index (κ2) is 13.3. The average molecular weight is 649 g/mol. The molecule has 5 nitrogen and oxygen atoms in total. The minimum atomic E-state index is -0.711. The van der Waals surface area contributed by atoms with E-state index in [2.05, 4.69) is 34.9 Å².